The number of pyridine rings is 1. The summed E-state index contributed by atoms with van der Waals surface area (Å²) in [6, 6.07) is 1.45. The van der Waals surface area contributed by atoms with Gasteiger partial charge in [0.1, 0.15) is 10.8 Å². The minimum Gasteiger partial charge on any atom is -0.319 e. The molecule has 0 saturated heterocycles. The Bertz CT molecular complexity index is 576. The van der Waals surface area contributed by atoms with E-state index >= 15 is 0 Å². The molecule has 2 N–H and O–H groups in total. The predicted octanol–water partition coefficient (Wildman–Crippen LogP) is 3.46. The van der Waals surface area contributed by atoms with Gasteiger partial charge in [-0.05, 0) is 18.9 Å². The molecule has 5 heteroatoms. The highest BCUT2D eigenvalue weighted by Gasteiger charge is 2.32. The van der Waals surface area contributed by atoms with E-state index < -0.39 is 0 Å². The van der Waals surface area contributed by atoms with Gasteiger partial charge in [-0.15, -0.1) is 11.3 Å². The molecule has 3 rings (SSSR count). The zero-order valence-electron chi connectivity index (χ0n) is 10.6. The zero-order valence-corrected chi connectivity index (χ0v) is 11.4. The second kappa shape index (κ2) is 4.98. The molecule has 0 atom stereocenters. The highest BCUT2D eigenvalue weighted by molar-refractivity contribution is 7.10. The maximum absolute atomic E-state index is 13.2. The third kappa shape index (κ3) is 2.53. The van der Waals surface area contributed by atoms with Crippen LogP contribution in [0.1, 0.15) is 37.1 Å². The first-order chi connectivity index (χ1) is 9.17. The minimum atomic E-state index is -0.341. The number of hydrogen-bond donors (Lipinski definition) is 1. The maximum Gasteiger partial charge on any atom is 0.142 e. The Morgan fingerprint density at radius 1 is 1.21 bits per heavy atom. The Hall–Kier alpha value is -1.33. The molecule has 0 aliphatic heterocycles. The van der Waals surface area contributed by atoms with E-state index in [1.54, 1.807) is 17.5 Å². The van der Waals surface area contributed by atoms with Gasteiger partial charge in [0.05, 0.1) is 17.4 Å². The second-order valence-electron chi connectivity index (χ2n) is 5.15. The Kier molecular flexibility index (Phi) is 3.33. The topological polar surface area (TPSA) is 51.8 Å². The fourth-order valence-electron chi connectivity index (χ4n) is 2.58. The summed E-state index contributed by atoms with van der Waals surface area (Å²) in [5.74, 6) is -0.341. The van der Waals surface area contributed by atoms with Gasteiger partial charge in [0, 0.05) is 17.1 Å². The molecule has 1 fully saturated rings. The van der Waals surface area contributed by atoms with Gasteiger partial charge in [-0.2, -0.15) is 0 Å². The number of nitrogens with two attached hydrogens (primary N) is 1. The number of rotatable bonds is 2. The van der Waals surface area contributed by atoms with Gasteiger partial charge in [-0.25, -0.2) is 9.37 Å². The summed E-state index contributed by atoms with van der Waals surface area (Å²) in [6.45, 7) is 0. The van der Waals surface area contributed by atoms with E-state index in [1.807, 2.05) is 5.38 Å². The quantitative estimate of drug-likeness (QED) is 0.914. The molecule has 19 heavy (non-hydrogen) atoms. The van der Waals surface area contributed by atoms with Crippen LogP contribution in [0, 0.1) is 5.82 Å². The summed E-state index contributed by atoms with van der Waals surface area (Å²) in [7, 11) is 0. The highest BCUT2D eigenvalue weighted by atomic mass is 32.1. The summed E-state index contributed by atoms with van der Waals surface area (Å²) in [6.07, 6.45) is 8.38. The van der Waals surface area contributed by atoms with Crippen molar-refractivity contribution in [3.8, 4) is 11.3 Å². The Morgan fingerprint density at radius 2 is 2.00 bits per heavy atom. The largest absolute Gasteiger partial charge is 0.319 e. The molecule has 1 aliphatic carbocycles. The average molecular weight is 277 g/mol. The Balaban J connectivity index is 1.91. The van der Waals surface area contributed by atoms with Crippen molar-refractivity contribution < 1.29 is 4.39 Å². The summed E-state index contributed by atoms with van der Waals surface area (Å²) in [4.78, 5) is 8.46. The number of nitrogens with zero attached hydrogens (tertiary/aromatic N) is 2. The lowest BCUT2D eigenvalue weighted by Gasteiger charge is -2.31. The molecule has 1 aliphatic rings. The van der Waals surface area contributed by atoms with Crippen molar-refractivity contribution >= 4 is 11.3 Å². The van der Waals surface area contributed by atoms with E-state index in [0.717, 1.165) is 36.4 Å². The molecule has 100 valence electrons. The molecule has 0 spiro atoms. The molecule has 3 nitrogen and oxygen atoms in total. The van der Waals surface area contributed by atoms with Crippen molar-refractivity contribution in [2.45, 2.75) is 37.6 Å². The fraction of sp³-hybridized carbons (Fsp3) is 0.429. The van der Waals surface area contributed by atoms with Gasteiger partial charge in [-0.1, -0.05) is 19.3 Å². The molecule has 0 amide bonds. The Labute approximate surface area is 115 Å². The smallest absolute Gasteiger partial charge is 0.142 e. The van der Waals surface area contributed by atoms with E-state index in [1.165, 1.54) is 18.7 Å². The van der Waals surface area contributed by atoms with Crippen molar-refractivity contribution in [3.63, 3.8) is 0 Å². The van der Waals surface area contributed by atoms with E-state index in [9.17, 15) is 4.39 Å². The van der Waals surface area contributed by atoms with Gasteiger partial charge in [-0.3, -0.25) is 4.98 Å². The lowest BCUT2D eigenvalue weighted by molar-refractivity contribution is 0.301. The summed E-state index contributed by atoms with van der Waals surface area (Å²) < 4.78 is 13.2. The minimum absolute atomic E-state index is 0.290. The van der Waals surface area contributed by atoms with E-state index in [0.29, 0.717) is 5.56 Å². The van der Waals surface area contributed by atoms with E-state index in [-0.39, 0.29) is 11.4 Å². The first kappa shape index (κ1) is 12.7. The van der Waals surface area contributed by atoms with Crippen LogP contribution < -0.4 is 5.73 Å². The molecule has 0 bridgehead atoms. The predicted molar refractivity (Wildman–Crippen MR) is 74.3 cm³/mol. The van der Waals surface area contributed by atoms with Gasteiger partial charge in [0.2, 0.25) is 0 Å². The van der Waals surface area contributed by atoms with E-state index in [2.05, 4.69) is 9.97 Å². The van der Waals surface area contributed by atoms with Crippen molar-refractivity contribution in [2.75, 3.05) is 0 Å². The lowest BCUT2D eigenvalue weighted by atomic mass is 9.83. The van der Waals surface area contributed by atoms with Gasteiger partial charge >= 0.3 is 0 Å². The summed E-state index contributed by atoms with van der Waals surface area (Å²) in [5, 5.41) is 2.90. The molecule has 1 saturated carbocycles. The van der Waals surface area contributed by atoms with Crippen LogP contribution in [0.4, 0.5) is 4.39 Å². The van der Waals surface area contributed by atoms with Gasteiger partial charge in [0.15, 0.2) is 0 Å². The molecule has 0 aromatic carbocycles. The second-order valence-corrected chi connectivity index (χ2v) is 6.00. The number of thiazole rings is 1. The number of aromatic nitrogens is 2. The fourth-order valence-corrected chi connectivity index (χ4v) is 3.59. The van der Waals surface area contributed by atoms with Crippen LogP contribution in [0.5, 0.6) is 0 Å². The van der Waals surface area contributed by atoms with Crippen LogP contribution in [0.2, 0.25) is 0 Å². The maximum atomic E-state index is 13.2. The van der Waals surface area contributed by atoms with Crippen LogP contribution in [-0.4, -0.2) is 9.97 Å². The molecule has 2 heterocycles. The number of halogens is 1. The SMILES string of the molecule is NC1(c2nc(-c3cncc(F)c3)cs2)CCCCC1. The van der Waals surface area contributed by atoms with E-state index in [4.69, 9.17) is 5.73 Å². The van der Waals surface area contributed by atoms with Gasteiger partial charge < -0.3 is 5.73 Å². The normalized spacial score (nSPS) is 18.4. The van der Waals surface area contributed by atoms with Crippen LogP contribution in [0.15, 0.2) is 23.8 Å². The van der Waals surface area contributed by atoms with Crippen LogP contribution in [-0.2, 0) is 5.54 Å². The summed E-state index contributed by atoms with van der Waals surface area (Å²) >= 11 is 1.57. The monoisotopic (exact) mass is 277 g/mol. The molecule has 2 aromatic heterocycles. The van der Waals surface area contributed by atoms with Crippen LogP contribution in [0.3, 0.4) is 0 Å². The van der Waals surface area contributed by atoms with Crippen molar-refractivity contribution in [1.82, 2.24) is 9.97 Å². The molecular formula is C14H16FN3S. The third-order valence-corrected chi connectivity index (χ3v) is 4.74. The van der Waals surface area contributed by atoms with Gasteiger partial charge in [0.25, 0.3) is 0 Å². The average Bonchev–Trinajstić information content (AvgIpc) is 2.90. The van der Waals surface area contributed by atoms with Crippen molar-refractivity contribution in [2.24, 2.45) is 5.73 Å². The standard InChI is InChI=1S/C14H16FN3S/c15-11-6-10(7-17-8-11)12-9-19-13(18-12)14(16)4-2-1-3-5-14/h6-9H,1-5,16H2. The summed E-state index contributed by atoms with van der Waals surface area (Å²) in [5.41, 5.74) is 7.65. The first-order valence-electron chi connectivity index (χ1n) is 6.53. The Morgan fingerprint density at radius 3 is 2.74 bits per heavy atom. The molecule has 0 unspecified atom stereocenters. The first-order valence-corrected chi connectivity index (χ1v) is 7.41. The number of hydrogen-bond acceptors (Lipinski definition) is 4. The van der Waals surface area contributed by atoms with Crippen LogP contribution in [0.25, 0.3) is 11.3 Å². The van der Waals surface area contributed by atoms with Crippen LogP contribution >= 0.6 is 11.3 Å². The third-order valence-electron chi connectivity index (χ3n) is 3.68. The zero-order chi connectivity index (χ0) is 13.3. The van der Waals surface area contributed by atoms with Crippen molar-refractivity contribution in [3.05, 3.63) is 34.7 Å². The molecule has 0 radical (unpaired) electrons. The molecular weight excluding hydrogens is 261 g/mol. The lowest BCUT2D eigenvalue weighted by Crippen LogP contribution is -2.38. The highest BCUT2D eigenvalue weighted by Crippen LogP contribution is 2.37. The van der Waals surface area contributed by atoms with Crippen molar-refractivity contribution in [1.29, 1.82) is 0 Å². The molecule has 2 aromatic rings.